The van der Waals surface area contributed by atoms with Crippen molar-refractivity contribution in [2.24, 2.45) is 11.7 Å². The van der Waals surface area contributed by atoms with Gasteiger partial charge in [-0.1, -0.05) is 104 Å². The topological polar surface area (TPSA) is 641 Å². The van der Waals surface area contributed by atoms with E-state index < -0.39 is 251 Å². The summed E-state index contributed by atoms with van der Waals surface area (Å²) in [5, 5.41) is 77.6. The number of cyclic esters (lactones) is 1. The number of thiophene rings is 2. The fourth-order valence-corrected chi connectivity index (χ4v) is 21.0. The van der Waals surface area contributed by atoms with E-state index in [2.05, 4.69) is 79.8 Å². The SMILES string of the molecule is CC(=O)N1CCC[C@]12C/C=C/CCC[C@@]1(CCC/C=C/CCCOC(=O)N3CC[C@@]4(C3)NC(=O)[C@H](CCCCNC(=O)CC[C@@H](C(=O)N[C@@H](C)C(N)=O)NC(=O)[C@H](Cc3csc5ccccc35)NC(=O)[C@H](Cc3ccsc3)NC4=O)NC(=O)[C@H](Cc3ccccc3)NC(=O)[C@H](C)NC(=O)C(C)(C)NC(=O)[C@H](Cc3cccc(C(=O)O)c3)NC(=O)[C@H](CC(=O)O)NC1=O)NC(=O)[C@H](C1CCCCC1)NC(=O)[C@H](CC(=O)O)NC2=O. The molecule has 5 aliphatic heterocycles. The number of aliphatic carboxylic acids is 2. The number of carboxylic acids is 3. The monoisotopic (exact) mass is 2090 g/mol. The molecular formula is C103H134N18O25S2. The van der Waals surface area contributed by atoms with Gasteiger partial charge in [-0.15, -0.1) is 11.3 Å². The molecule has 798 valence electrons. The van der Waals surface area contributed by atoms with Crippen molar-refractivity contribution in [3.05, 3.63) is 153 Å². The van der Waals surface area contributed by atoms with Gasteiger partial charge >= 0.3 is 24.0 Å². The highest BCUT2D eigenvalue weighted by molar-refractivity contribution is 7.17. The van der Waals surface area contributed by atoms with Crippen LogP contribution in [0.4, 0.5) is 4.79 Å². The summed E-state index contributed by atoms with van der Waals surface area (Å²) in [7, 11) is 0. The first-order valence-corrected chi connectivity index (χ1v) is 52.0. The Morgan fingerprint density at radius 2 is 1.09 bits per heavy atom. The smallest absolute Gasteiger partial charge is 0.409 e. The predicted octanol–water partition coefficient (Wildman–Crippen LogP) is 2.88. The maximum atomic E-state index is 16.2. The summed E-state index contributed by atoms with van der Waals surface area (Å²) < 4.78 is 6.73. The number of amides is 18. The lowest BCUT2D eigenvalue weighted by Gasteiger charge is -2.39. The van der Waals surface area contributed by atoms with Gasteiger partial charge in [0, 0.05) is 63.4 Å². The Bertz CT molecular complexity index is 5770. The fraction of sp³-hybridized carbons (Fsp3) is 0.524. The summed E-state index contributed by atoms with van der Waals surface area (Å²) >= 11 is 2.61. The van der Waals surface area contributed by atoms with Gasteiger partial charge in [0.15, 0.2) is 0 Å². The van der Waals surface area contributed by atoms with Crippen LogP contribution in [0.3, 0.4) is 0 Å². The van der Waals surface area contributed by atoms with Crippen molar-refractivity contribution in [1.82, 2.24) is 89.6 Å². The highest BCUT2D eigenvalue weighted by Gasteiger charge is 2.53. The molecule has 18 amide bonds. The van der Waals surface area contributed by atoms with Gasteiger partial charge in [-0.3, -0.25) is 91.1 Å². The molecule has 20 N–H and O–H groups in total. The molecule has 0 unspecified atom stereocenters. The number of nitrogens with zero attached hydrogens (tertiary/aromatic N) is 2. The van der Waals surface area contributed by atoms with E-state index in [1.54, 1.807) is 82.9 Å². The molecule has 4 fully saturated rings. The summed E-state index contributed by atoms with van der Waals surface area (Å²) in [6.07, 6.45) is 3.81. The Balaban J connectivity index is 0.975. The van der Waals surface area contributed by atoms with Crippen LogP contribution in [0, 0.1) is 5.92 Å². The third kappa shape index (κ3) is 31.5. The molecule has 14 atom stereocenters. The van der Waals surface area contributed by atoms with Crippen molar-refractivity contribution in [3.8, 4) is 0 Å². The quantitative estimate of drug-likeness (QED) is 0.0595. The van der Waals surface area contributed by atoms with E-state index in [1.807, 2.05) is 18.2 Å². The van der Waals surface area contributed by atoms with Gasteiger partial charge in [0.05, 0.1) is 31.6 Å². The number of hydrogen-bond donors (Lipinski definition) is 19. The van der Waals surface area contributed by atoms with Crippen LogP contribution in [0.5, 0.6) is 0 Å². The average molecular weight is 2090 g/mol. The van der Waals surface area contributed by atoms with Gasteiger partial charge < -0.3 is 115 Å². The van der Waals surface area contributed by atoms with Crippen molar-refractivity contribution in [1.29, 1.82) is 0 Å². The van der Waals surface area contributed by atoms with E-state index in [4.69, 9.17) is 10.5 Å². The van der Waals surface area contributed by atoms with Crippen LogP contribution >= 0.6 is 22.7 Å². The second-order valence-corrected chi connectivity index (χ2v) is 41.0. The lowest BCUT2D eigenvalue weighted by atomic mass is 9.81. The molecule has 5 aromatic rings. The number of fused-ring (bicyclic) bond motifs is 4. The number of carboxylic acid groups (broad SMARTS) is 3. The van der Waals surface area contributed by atoms with E-state index >= 15 is 43.2 Å². The van der Waals surface area contributed by atoms with Crippen molar-refractivity contribution >= 4 is 157 Å². The third-order valence-electron chi connectivity index (χ3n) is 27.7. The van der Waals surface area contributed by atoms with Crippen LogP contribution in [-0.4, -0.2) is 271 Å². The van der Waals surface area contributed by atoms with Crippen LogP contribution in [-0.2, 0) is 122 Å². The first-order chi connectivity index (χ1) is 70.5. The molecule has 3 saturated heterocycles. The lowest BCUT2D eigenvalue weighted by Crippen LogP contribution is -2.67. The van der Waals surface area contributed by atoms with Gasteiger partial charge in [-0.25, -0.2) is 9.59 Å². The summed E-state index contributed by atoms with van der Waals surface area (Å²) in [4.78, 5) is 310. The largest absolute Gasteiger partial charge is 0.481 e. The molecule has 7 heterocycles. The lowest BCUT2D eigenvalue weighted by molar-refractivity contribution is -0.147. The molecule has 3 aromatic carbocycles. The summed E-state index contributed by atoms with van der Waals surface area (Å²) in [5.41, 5.74) is -1.18. The van der Waals surface area contributed by atoms with Gasteiger partial charge in [0.1, 0.15) is 88.6 Å². The van der Waals surface area contributed by atoms with Gasteiger partial charge in [0.2, 0.25) is 100 Å². The normalized spacial score (nSPS) is 27.2. The molecule has 148 heavy (non-hydrogen) atoms. The Morgan fingerprint density at radius 1 is 0.514 bits per heavy atom. The van der Waals surface area contributed by atoms with Crippen LogP contribution in [0.1, 0.15) is 221 Å². The summed E-state index contributed by atoms with van der Waals surface area (Å²) in [6, 6.07) is 4.05. The zero-order chi connectivity index (χ0) is 107. The molecule has 6 aliphatic rings. The van der Waals surface area contributed by atoms with Crippen molar-refractivity contribution in [2.75, 3.05) is 32.8 Å². The van der Waals surface area contributed by atoms with E-state index in [1.165, 1.54) is 86.5 Å². The maximum absolute atomic E-state index is 16.2. The molecule has 11 rings (SSSR count). The van der Waals surface area contributed by atoms with E-state index in [0.717, 1.165) is 21.4 Å². The standard InChI is InChI=1S/C103H134N18O25S2/c1-60(83(104)128)106-85(130)71-37-38-79(123)105-45-24-20-35-70-91(136)118-102(97(143)113-73(53-65-39-49-147-57-65)87(132)112-75(88(133)109-71)54-68-58-148-78-36-19-18-34-69(68)78)44-47-120(59-102)99(145)146-48-25-11-7-6-8-21-40-101(41-22-9-10-23-42-103(43-27-46-121(103)62(3)122)98(144)115-77(56-81(126)127)90(135)116-82(93(138)119-101)66-31-16-13-17-32-66)96(142)114-76(55-80(124)125)89(134)111-74(52-64-30-26-33-67(50-64)94(139)140)92(137)117-100(4,5)95(141)107-61(2)84(129)110-72(86(131)108-70)51-63-28-14-12-15-29-63/h6-7,10,12,14-15,18-19,23,26,28-30,33-34,36,39,49-50,57-58,60-61,66,70-77,82H,8-9,11,13,16-17,20-22,24-25,27,31-32,35,37-38,40-48,51-56,59H2,1-5H3,(H2,104,128)(H,105,123)(H,106,130)(H,107,141)(H,108,131)(H,109,133)(H,110,129)(H,111,134)(H,112,132)(H,113,143)(H,114,142)(H,115,144)(H,116,135)(H,117,137)(H,118,136)(H,119,138)(H,124,125)(H,126,127)(H,139,140)/b7-6+,23-10+/t60-,61-,70-,71-,72-,73-,74-,75-,76-,77-,82-,101+,102-,103-/m0/s1. The van der Waals surface area contributed by atoms with E-state index in [0.29, 0.717) is 48.8 Å². The number of aromatic carboxylic acids is 1. The number of hydrogen-bond acceptors (Lipinski definition) is 24. The number of nitrogens with two attached hydrogens (primary N) is 1. The van der Waals surface area contributed by atoms with Crippen molar-refractivity contribution in [3.63, 3.8) is 0 Å². The molecule has 45 heteroatoms. The number of carbonyl (C=O) groups is 21. The second kappa shape index (κ2) is 53.2. The molecule has 1 saturated carbocycles. The molecule has 3 bridgehead atoms. The minimum absolute atomic E-state index is 0.0153. The molecule has 43 nitrogen and oxygen atoms in total. The molecule has 0 radical (unpaired) electrons. The van der Waals surface area contributed by atoms with Crippen LogP contribution in [0.25, 0.3) is 10.1 Å². The number of ether oxygens (including phenoxy) is 1. The number of primary amides is 1. The van der Waals surface area contributed by atoms with Crippen LogP contribution < -0.4 is 85.5 Å². The second-order valence-electron chi connectivity index (χ2n) is 39.3. The van der Waals surface area contributed by atoms with Crippen LogP contribution in [0.15, 0.2) is 125 Å². The van der Waals surface area contributed by atoms with Gasteiger partial charge in [-0.2, -0.15) is 11.3 Å². The first kappa shape index (κ1) is 114. The Labute approximate surface area is 863 Å². The average Bonchev–Trinajstić information content (AvgIpc) is 1.64. The molecule has 3 spiro atoms. The minimum Gasteiger partial charge on any atom is -0.481 e. The van der Waals surface area contributed by atoms with Crippen molar-refractivity contribution < 1.29 is 121 Å². The zero-order valence-corrected chi connectivity index (χ0v) is 85.1. The number of benzene rings is 3. The van der Waals surface area contributed by atoms with Crippen molar-refractivity contribution in [2.45, 2.75) is 303 Å². The number of allylic oxidation sites excluding steroid dienone is 3. The predicted molar refractivity (Wildman–Crippen MR) is 540 cm³/mol. The fourth-order valence-electron chi connectivity index (χ4n) is 19.3. The Kier molecular flexibility index (Phi) is 40.9. The van der Waals surface area contributed by atoms with Gasteiger partial charge in [0.25, 0.3) is 0 Å². The van der Waals surface area contributed by atoms with Gasteiger partial charge in [-0.05, 0) is 217 Å². The zero-order valence-electron chi connectivity index (χ0n) is 83.5. The van der Waals surface area contributed by atoms with Crippen LogP contribution in [0.2, 0.25) is 0 Å². The van der Waals surface area contributed by atoms with E-state index in [9.17, 15) is 72.9 Å². The summed E-state index contributed by atoms with van der Waals surface area (Å²) in [6.45, 7) is 5.10. The minimum atomic E-state index is -2.22. The van der Waals surface area contributed by atoms with E-state index in [-0.39, 0.29) is 153 Å². The number of likely N-dealkylation sites (tertiary alicyclic amines) is 1. The Morgan fingerprint density at radius 3 is 1.77 bits per heavy atom. The highest BCUT2D eigenvalue weighted by atomic mass is 32.1. The molecular weight excluding hydrogens is 1950 g/mol. The maximum Gasteiger partial charge on any atom is 0.409 e. The number of carbonyl (C=O) groups excluding carboxylic acids is 18. The number of rotatable bonds is 17. The highest BCUT2D eigenvalue weighted by Crippen LogP contribution is 2.37. The molecule has 1 aliphatic carbocycles. The Hall–Kier alpha value is -14.5. The number of nitrogens with one attached hydrogen (secondary N) is 15. The summed E-state index contributed by atoms with van der Waals surface area (Å²) in [5.74, 6) is -21.8. The molecule has 2 aromatic heterocycles. The first-order valence-electron chi connectivity index (χ1n) is 50.2. The third-order valence-corrected chi connectivity index (χ3v) is 29.5.